The number of hydrogen-bond acceptors (Lipinski definition) is 2. The van der Waals surface area contributed by atoms with Gasteiger partial charge in [0.2, 0.25) is 5.91 Å². The predicted molar refractivity (Wildman–Crippen MR) is 73.3 cm³/mol. The quantitative estimate of drug-likeness (QED) is 0.926. The summed E-state index contributed by atoms with van der Waals surface area (Å²) in [4.78, 5) is 21.4. The molecule has 0 radical (unpaired) electrons. The van der Waals surface area contributed by atoms with E-state index in [4.69, 9.17) is 0 Å². The lowest BCUT2D eigenvalue weighted by Crippen LogP contribution is -2.29. The molecular weight excluding hydrogens is 294 g/mol. The fourth-order valence-electron chi connectivity index (χ4n) is 2.39. The first-order valence-corrected chi connectivity index (χ1v) is 6.93. The first kappa shape index (κ1) is 11.7. The van der Waals surface area contributed by atoms with Gasteiger partial charge in [-0.1, -0.05) is 0 Å². The molecule has 0 bridgehead atoms. The number of carbonyl (C=O) groups is 1. The van der Waals surface area contributed by atoms with Crippen LogP contribution in [0.1, 0.15) is 18.5 Å². The van der Waals surface area contributed by atoms with E-state index < -0.39 is 0 Å². The van der Waals surface area contributed by atoms with Crippen LogP contribution in [0.4, 0.5) is 0 Å². The first-order valence-electron chi connectivity index (χ1n) is 6.14. The molecule has 0 spiro atoms. The number of halogens is 1. The second-order valence-electron chi connectivity index (χ2n) is 4.61. The average Bonchev–Trinajstić information content (AvgIpc) is 2.97. The van der Waals surface area contributed by atoms with Crippen LogP contribution in [0.15, 0.2) is 22.8 Å². The number of carbonyl (C=O) groups excluding carboxylic acids is 1. The molecular formula is C13H14BrN3O. The number of H-pyrrole nitrogens is 1. The number of aromatic amines is 1. The fourth-order valence-corrected chi connectivity index (χ4v) is 2.81. The van der Waals surface area contributed by atoms with E-state index in [1.54, 1.807) is 6.20 Å². The molecule has 1 N–H and O–H groups in total. The SMILES string of the molecule is O=C(Cc1cc2c(Br)ccnc2[nH]1)N1CCCC1. The lowest BCUT2D eigenvalue weighted by atomic mass is 10.2. The van der Waals surface area contributed by atoms with Crippen molar-refractivity contribution in [1.29, 1.82) is 0 Å². The number of hydrogen-bond donors (Lipinski definition) is 1. The largest absolute Gasteiger partial charge is 0.343 e. The highest BCUT2D eigenvalue weighted by atomic mass is 79.9. The van der Waals surface area contributed by atoms with Gasteiger partial charge in [-0.2, -0.15) is 0 Å². The van der Waals surface area contributed by atoms with Crippen LogP contribution >= 0.6 is 15.9 Å². The Morgan fingerprint density at radius 3 is 2.94 bits per heavy atom. The highest BCUT2D eigenvalue weighted by Gasteiger charge is 2.18. The Labute approximate surface area is 114 Å². The summed E-state index contributed by atoms with van der Waals surface area (Å²) in [6.07, 6.45) is 4.44. The lowest BCUT2D eigenvalue weighted by molar-refractivity contribution is -0.129. The standard InChI is InChI=1S/C13H14BrN3O/c14-11-3-4-15-13-10(11)7-9(16-13)8-12(18)17-5-1-2-6-17/h3-4,7H,1-2,5-6,8H2,(H,15,16). The third-order valence-corrected chi connectivity index (χ3v) is 4.03. The Balaban J connectivity index is 1.82. The number of aromatic nitrogens is 2. The molecule has 0 aromatic carbocycles. The smallest absolute Gasteiger partial charge is 0.228 e. The van der Waals surface area contributed by atoms with Crippen LogP contribution in [0.5, 0.6) is 0 Å². The molecule has 0 saturated carbocycles. The first-order chi connectivity index (χ1) is 8.74. The van der Waals surface area contributed by atoms with E-state index in [-0.39, 0.29) is 5.91 Å². The summed E-state index contributed by atoms with van der Waals surface area (Å²) in [7, 11) is 0. The summed E-state index contributed by atoms with van der Waals surface area (Å²) in [5.74, 6) is 0.204. The molecule has 94 valence electrons. The van der Waals surface area contributed by atoms with E-state index in [1.807, 2.05) is 17.0 Å². The maximum Gasteiger partial charge on any atom is 0.228 e. The zero-order chi connectivity index (χ0) is 12.5. The maximum atomic E-state index is 12.1. The molecule has 1 aliphatic rings. The second-order valence-corrected chi connectivity index (χ2v) is 5.47. The van der Waals surface area contributed by atoms with Crippen molar-refractivity contribution in [3.8, 4) is 0 Å². The van der Waals surface area contributed by atoms with Gasteiger partial charge < -0.3 is 9.88 Å². The van der Waals surface area contributed by atoms with Crippen molar-refractivity contribution in [3.05, 3.63) is 28.5 Å². The Morgan fingerprint density at radius 2 is 2.22 bits per heavy atom. The van der Waals surface area contributed by atoms with Gasteiger partial charge in [0.05, 0.1) is 6.42 Å². The molecule has 5 heteroatoms. The minimum Gasteiger partial charge on any atom is -0.343 e. The van der Waals surface area contributed by atoms with Crippen LogP contribution < -0.4 is 0 Å². The van der Waals surface area contributed by atoms with Crippen LogP contribution in [-0.4, -0.2) is 33.9 Å². The molecule has 0 atom stereocenters. The predicted octanol–water partition coefficient (Wildman–Crippen LogP) is 2.49. The number of likely N-dealkylation sites (tertiary alicyclic amines) is 1. The molecule has 1 fully saturated rings. The van der Waals surface area contributed by atoms with Crippen molar-refractivity contribution in [3.63, 3.8) is 0 Å². The van der Waals surface area contributed by atoms with E-state index >= 15 is 0 Å². The van der Waals surface area contributed by atoms with Gasteiger partial charge in [0, 0.05) is 34.8 Å². The maximum absolute atomic E-state index is 12.1. The monoisotopic (exact) mass is 307 g/mol. The van der Waals surface area contributed by atoms with Crippen LogP contribution in [-0.2, 0) is 11.2 Å². The zero-order valence-electron chi connectivity index (χ0n) is 9.95. The Hall–Kier alpha value is -1.36. The van der Waals surface area contributed by atoms with Gasteiger partial charge in [-0.25, -0.2) is 4.98 Å². The van der Waals surface area contributed by atoms with Crippen molar-refractivity contribution in [1.82, 2.24) is 14.9 Å². The normalized spacial score (nSPS) is 15.5. The fraction of sp³-hybridized carbons (Fsp3) is 0.385. The third kappa shape index (κ3) is 2.14. The molecule has 4 nitrogen and oxygen atoms in total. The van der Waals surface area contributed by atoms with E-state index in [0.717, 1.165) is 47.1 Å². The number of amides is 1. The molecule has 3 heterocycles. The molecule has 0 aliphatic carbocycles. The number of fused-ring (bicyclic) bond motifs is 1. The molecule has 18 heavy (non-hydrogen) atoms. The number of nitrogens with one attached hydrogen (secondary N) is 1. The second kappa shape index (κ2) is 4.72. The Kier molecular flexibility index (Phi) is 3.07. The zero-order valence-corrected chi connectivity index (χ0v) is 11.5. The van der Waals surface area contributed by atoms with Gasteiger partial charge >= 0.3 is 0 Å². The van der Waals surface area contributed by atoms with Gasteiger partial charge in [0.1, 0.15) is 5.65 Å². The van der Waals surface area contributed by atoms with Gasteiger partial charge in [0.25, 0.3) is 0 Å². The number of rotatable bonds is 2. The number of nitrogens with zero attached hydrogens (tertiary/aromatic N) is 2. The topological polar surface area (TPSA) is 49.0 Å². The highest BCUT2D eigenvalue weighted by molar-refractivity contribution is 9.10. The molecule has 2 aromatic rings. The van der Waals surface area contributed by atoms with Gasteiger partial charge in [-0.15, -0.1) is 0 Å². The summed E-state index contributed by atoms with van der Waals surface area (Å²) in [6.45, 7) is 1.81. The van der Waals surface area contributed by atoms with Crippen molar-refractivity contribution in [2.45, 2.75) is 19.3 Å². The molecule has 1 saturated heterocycles. The van der Waals surface area contributed by atoms with E-state index in [2.05, 4.69) is 25.9 Å². The third-order valence-electron chi connectivity index (χ3n) is 3.33. The Bertz CT molecular complexity index is 587. The summed E-state index contributed by atoms with van der Waals surface area (Å²) >= 11 is 3.49. The van der Waals surface area contributed by atoms with Gasteiger partial charge in [-0.05, 0) is 40.9 Å². The molecule has 1 amide bonds. The summed E-state index contributed by atoms with van der Waals surface area (Å²) in [6, 6.07) is 3.91. The van der Waals surface area contributed by atoms with Gasteiger partial charge in [-0.3, -0.25) is 4.79 Å². The molecule has 3 rings (SSSR count). The molecule has 1 aliphatic heterocycles. The van der Waals surface area contributed by atoms with Gasteiger partial charge in [0.15, 0.2) is 0 Å². The van der Waals surface area contributed by atoms with Crippen molar-refractivity contribution in [2.24, 2.45) is 0 Å². The van der Waals surface area contributed by atoms with E-state index in [0.29, 0.717) is 6.42 Å². The van der Waals surface area contributed by atoms with Crippen LogP contribution in [0.25, 0.3) is 11.0 Å². The van der Waals surface area contributed by atoms with Crippen LogP contribution in [0.3, 0.4) is 0 Å². The summed E-state index contributed by atoms with van der Waals surface area (Å²) in [5, 5.41) is 1.03. The lowest BCUT2D eigenvalue weighted by Gasteiger charge is -2.14. The van der Waals surface area contributed by atoms with E-state index in [1.165, 1.54) is 0 Å². The minimum atomic E-state index is 0.204. The van der Waals surface area contributed by atoms with Crippen molar-refractivity contribution < 1.29 is 4.79 Å². The number of pyridine rings is 1. The Morgan fingerprint density at radius 1 is 1.44 bits per heavy atom. The highest BCUT2D eigenvalue weighted by Crippen LogP contribution is 2.23. The average molecular weight is 308 g/mol. The van der Waals surface area contributed by atoms with Crippen molar-refractivity contribution in [2.75, 3.05) is 13.1 Å². The van der Waals surface area contributed by atoms with Crippen LogP contribution in [0.2, 0.25) is 0 Å². The van der Waals surface area contributed by atoms with Crippen molar-refractivity contribution >= 4 is 32.9 Å². The minimum absolute atomic E-state index is 0.204. The van der Waals surface area contributed by atoms with E-state index in [9.17, 15) is 4.79 Å². The molecule has 2 aromatic heterocycles. The molecule has 0 unspecified atom stereocenters. The summed E-state index contributed by atoms with van der Waals surface area (Å²) < 4.78 is 1.00. The van der Waals surface area contributed by atoms with Crippen LogP contribution in [0, 0.1) is 0 Å². The summed E-state index contributed by atoms with van der Waals surface area (Å²) in [5.41, 5.74) is 1.76.